The fourth-order valence-electron chi connectivity index (χ4n) is 5.10. The molecule has 5 rings (SSSR count). The molecule has 2 fully saturated rings. The molecular weight excluding hydrogens is 579 g/mol. The van der Waals surface area contributed by atoms with Crippen LogP contribution >= 0.6 is 34.5 Å². The van der Waals surface area contributed by atoms with Crippen molar-refractivity contribution >= 4 is 65.8 Å². The molecule has 2 aromatic carbocycles. The fourth-order valence-corrected chi connectivity index (χ4v) is 7.91. The summed E-state index contributed by atoms with van der Waals surface area (Å²) in [6, 6.07) is 10.0. The summed E-state index contributed by atoms with van der Waals surface area (Å²) < 4.78 is 34.2. The van der Waals surface area contributed by atoms with Crippen LogP contribution in [-0.4, -0.2) is 81.0 Å². The lowest BCUT2D eigenvalue weighted by Gasteiger charge is -2.33. The molecule has 1 amide bonds. The number of halogens is 2. The van der Waals surface area contributed by atoms with Gasteiger partial charge >= 0.3 is 0 Å². The molecule has 0 bridgehead atoms. The average molecular weight is 612 g/mol. The van der Waals surface area contributed by atoms with Gasteiger partial charge in [0, 0.05) is 55.2 Å². The van der Waals surface area contributed by atoms with Crippen molar-refractivity contribution in [2.45, 2.75) is 31.1 Å². The lowest BCUT2D eigenvalue weighted by Crippen LogP contribution is -2.45. The van der Waals surface area contributed by atoms with Crippen LogP contribution in [0, 0.1) is 12.8 Å². The predicted molar refractivity (Wildman–Crippen MR) is 157 cm³/mol. The van der Waals surface area contributed by atoms with Gasteiger partial charge in [0.05, 0.1) is 28.3 Å². The zero-order valence-electron chi connectivity index (χ0n) is 21.8. The van der Waals surface area contributed by atoms with Gasteiger partial charge in [-0.05, 0) is 68.1 Å². The third kappa shape index (κ3) is 6.43. The topological polar surface area (TPSA) is 83.0 Å². The average Bonchev–Trinajstić information content (AvgIpc) is 3.38. The molecule has 8 nitrogen and oxygen atoms in total. The lowest BCUT2D eigenvalue weighted by atomic mass is 9.96. The molecule has 0 radical (unpaired) electrons. The number of amides is 1. The number of carbonyl (C=O) groups is 1. The van der Waals surface area contributed by atoms with E-state index >= 15 is 0 Å². The predicted octanol–water partition coefficient (Wildman–Crippen LogP) is 5.07. The molecule has 0 spiro atoms. The molecule has 1 aromatic heterocycles. The summed E-state index contributed by atoms with van der Waals surface area (Å²) in [5.41, 5.74) is 1.72. The van der Waals surface area contributed by atoms with Crippen molar-refractivity contribution in [2.75, 3.05) is 57.4 Å². The number of nitrogens with zero attached hydrogens (tertiary/aromatic N) is 4. The van der Waals surface area contributed by atoms with Crippen molar-refractivity contribution < 1.29 is 17.9 Å². The monoisotopic (exact) mass is 610 g/mol. The van der Waals surface area contributed by atoms with Gasteiger partial charge in [-0.3, -0.25) is 14.6 Å². The number of anilines is 1. The van der Waals surface area contributed by atoms with Gasteiger partial charge in [0.25, 0.3) is 0 Å². The minimum absolute atomic E-state index is 0.00308. The minimum atomic E-state index is -3.64. The number of hydrogen-bond donors (Lipinski definition) is 0. The van der Waals surface area contributed by atoms with E-state index in [1.807, 2.05) is 24.0 Å². The summed E-state index contributed by atoms with van der Waals surface area (Å²) in [5, 5.41) is 1.80. The number of thiazole rings is 1. The number of rotatable bonds is 8. The number of piperidine rings is 1. The minimum Gasteiger partial charge on any atom is -0.379 e. The zero-order chi connectivity index (χ0) is 27.6. The molecule has 0 unspecified atom stereocenters. The van der Waals surface area contributed by atoms with Gasteiger partial charge in [0.1, 0.15) is 0 Å². The second-order valence-corrected chi connectivity index (χ2v) is 13.7. The Morgan fingerprint density at radius 1 is 1.08 bits per heavy atom. The largest absolute Gasteiger partial charge is 0.379 e. The van der Waals surface area contributed by atoms with Crippen molar-refractivity contribution in [1.82, 2.24) is 14.2 Å². The van der Waals surface area contributed by atoms with Crippen molar-refractivity contribution in [3.8, 4) is 0 Å². The molecule has 0 aliphatic carbocycles. The standard InChI is InChI=1S/C27H32Cl2N4O4S2/c1-19-23(29)7-8-24-25(19)30-27(38-24)33(12-2-11-31-15-17-37-18-16-31)26(34)20-9-13-32(14-10-20)39(35,36)22-5-3-21(28)4-6-22/h3-8,20H,2,9-18H2,1H3. The summed E-state index contributed by atoms with van der Waals surface area (Å²) in [7, 11) is -3.64. The molecule has 3 aromatic rings. The third-order valence-corrected chi connectivity index (χ3v) is 11.1. The molecule has 2 aliphatic rings. The van der Waals surface area contributed by atoms with Crippen LogP contribution in [0.3, 0.4) is 0 Å². The molecule has 2 saturated heterocycles. The second-order valence-electron chi connectivity index (χ2n) is 9.95. The first-order valence-corrected chi connectivity index (χ1v) is 16.2. The number of ether oxygens (including phenoxy) is 1. The first-order chi connectivity index (χ1) is 18.7. The summed E-state index contributed by atoms with van der Waals surface area (Å²) in [6.07, 6.45) is 1.73. The van der Waals surface area contributed by atoms with Crippen molar-refractivity contribution in [3.63, 3.8) is 0 Å². The Kier molecular flexibility index (Phi) is 9.12. The Morgan fingerprint density at radius 2 is 1.77 bits per heavy atom. The van der Waals surface area contributed by atoms with E-state index in [0.29, 0.717) is 34.6 Å². The quantitative estimate of drug-likeness (QED) is 0.354. The Balaban J connectivity index is 1.31. The van der Waals surface area contributed by atoms with Gasteiger partial charge in [-0.25, -0.2) is 13.4 Å². The molecule has 210 valence electrons. The highest BCUT2D eigenvalue weighted by atomic mass is 35.5. The number of fused-ring (bicyclic) bond motifs is 1. The van der Waals surface area contributed by atoms with E-state index in [-0.39, 0.29) is 29.8 Å². The Bertz CT molecular complexity index is 1420. The Labute approximate surface area is 243 Å². The fraction of sp³-hybridized carbons (Fsp3) is 0.481. The van der Waals surface area contributed by atoms with E-state index in [4.69, 9.17) is 32.9 Å². The number of benzene rings is 2. The first kappa shape index (κ1) is 28.7. The molecule has 3 heterocycles. The second kappa shape index (κ2) is 12.4. The van der Waals surface area contributed by atoms with E-state index in [1.54, 1.807) is 12.1 Å². The molecule has 39 heavy (non-hydrogen) atoms. The maximum absolute atomic E-state index is 13.9. The summed E-state index contributed by atoms with van der Waals surface area (Å²) >= 11 is 13.8. The van der Waals surface area contributed by atoms with Crippen LogP contribution in [-0.2, 0) is 19.6 Å². The van der Waals surface area contributed by atoms with Gasteiger partial charge in [-0.1, -0.05) is 34.5 Å². The zero-order valence-corrected chi connectivity index (χ0v) is 25.0. The normalized spacial score (nSPS) is 18.0. The van der Waals surface area contributed by atoms with Crippen LogP contribution in [0.25, 0.3) is 10.2 Å². The molecule has 2 aliphatic heterocycles. The van der Waals surface area contributed by atoms with Crippen LogP contribution in [0.15, 0.2) is 41.3 Å². The Hall–Kier alpha value is -1.79. The van der Waals surface area contributed by atoms with Crippen LogP contribution in [0.2, 0.25) is 10.0 Å². The summed E-state index contributed by atoms with van der Waals surface area (Å²) in [6.45, 7) is 7.20. The third-order valence-electron chi connectivity index (χ3n) is 7.45. The van der Waals surface area contributed by atoms with Crippen molar-refractivity contribution in [1.29, 1.82) is 0 Å². The number of aromatic nitrogens is 1. The molecule has 12 heteroatoms. The molecule has 0 N–H and O–H groups in total. The number of morpholine rings is 1. The summed E-state index contributed by atoms with van der Waals surface area (Å²) in [5.74, 6) is -0.273. The van der Waals surface area contributed by atoms with Gasteiger partial charge in [-0.2, -0.15) is 4.31 Å². The van der Waals surface area contributed by atoms with Crippen molar-refractivity contribution in [3.05, 3.63) is 52.0 Å². The number of carbonyl (C=O) groups excluding carboxylic acids is 1. The molecule has 0 atom stereocenters. The van der Waals surface area contributed by atoms with E-state index < -0.39 is 10.0 Å². The van der Waals surface area contributed by atoms with Gasteiger partial charge in [0.2, 0.25) is 15.9 Å². The van der Waals surface area contributed by atoms with E-state index in [0.717, 1.165) is 55.0 Å². The first-order valence-electron chi connectivity index (χ1n) is 13.2. The number of aryl methyl sites for hydroxylation is 1. The van der Waals surface area contributed by atoms with Crippen molar-refractivity contribution in [2.24, 2.45) is 5.92 Å². The van der Waals surface area contributed by atoms with Crippen LogP contribution in [0.4, 0.5) is 5.13 Å². The number of sulfonamides is 1. The summed E-state index contributed by atoms with van der Waals surface area (Å²) in [4.78, 5) is 23.1. The Morgan fingerprint density at radius 3 is 2.46 bits per heavy atom. The SMILES string of the molecule is Cc1c(Cl)ccc2sc(N(CCCN3CCOCC3)C(=O)C3CCN(S(=O)(=O)c4ccc(Cl)cc4)CC3)nc12. The van der Waals surface area contributed by atoms with Crippen LogP contribution in [0.5, 0.6) is 0 Å². The number of hydrogen-bond acceptors (Lipinski definition) is 7. The highest BCUT2D eigenvalue weighted by Crippen LogP contribution is 2.35. The maximum atomic E-state index is 13.9. The van der Waals surface area contributed by atoms with Gasteiger partial charge < -0.3 is 4.74 Å². The van der Waals surface area contributed by atoms with Gasteiger partial charge in [0.15, 0.2) is 5.13 Å². The highest BCUT2D eigenvalue weighted by molar-refractivity contribution is 7.89. The highest BCUT2D eigenvalue weighted by Gasteiger charge is 2.35. The van der Waals surface area contributed by atoms with Crippen LogP contribution < -0.4 is 4.90 Å². The van der Waals surface area contributed by atoms with E-state index in [9.17, 15) is 13.2 Å². The van der Waals surface area contributed by atoms with E-state index in [1.165, 1.54) is 27.8 Å². The van der Waals surface area contributed by atoms with E-state index in [2.05, 4.69) is 4.90 Å². The molecular formula is C27H32Cl2N4O4S2. The maximum Gasteiger partial charge on any atom is 0.243 e. The van der Waals surface area contributed by atoms with Crippen LogP contribution in [0.1, 0.15) is 24.8 Å². The smallest absolute Gasteiger partial charge is 0.243 e. The van der Waals surface area contributed by atoms with Gasteiger partial charge in [-0.15, -0.1) is 0 Å². The molecule has 0 saturated carbocycles. The lowest BCUT2D eigenvalue weighted by molar-refractivity contribution is -0.123.